The van der Waals surface area contributed by atoms with Gasteiger partial charge < -0.3 is 10.2 Å². The zero-order valence-corrected chi connectivity index (χ0v) is 17.0. The highest BCUT2D eigenvalue weighted by molar-refractivity contribution is 5.76. The maximum absolute atomic E-state index is 12.4. The van der Waals surface area contributed by atoms with E-state index in [1.165, 1.54) is 5.56 Å². The fraction of sp³-hybridized carbons (Fsp3) is 0.522. The van der Waals surface area contributed by atoms with Crippen molar-refractivity contribution in [3.63, 3.8) is 0 Å². The Morgan fingerprint density at radius 2 is 1.76 bits per heavy atom. The number of carbonyl (C=O) groups excluding carboxylic acids is 1. The van der Waals surface area contributed by atoms with Gasteiger partial charge in [-0.05, 0) is 43.2 Å². The SMILES string of the molecule is O=C(CCC1CCN(c2ncccn2)CC1)NC1CCN(Cc2ccccc2)C1. The van der Waals surface area contributed by atoms with E-state index in [1.54, 1.807) is 12.4 Å². The molecule has 2 aliphatic heterocycles. The number of hydrogen-bond donors (Lipinski definition) is 1. The average Bonchev–Trinajstić information content (AvgIpc) is 3.20. The third kappa shape index (κ3) is 5.76. The van der Waals surface area contributed by atoms with Crippen LogP contribution in [0.25, 0.3) is 0 Å². The average molecular weight is 394 g/mol. The molecule has 1 atom stereocenters. The molecule has 0 bridgehead atoms. The Hall–Kier alpha value is -2.47. The summed E-state index contributed by atoms with van der Waals surface area (Å²) in [6.45, 7) is 4.94. The highest BCUT2D eigenvalue weighted by Gasteiger charge is 2.25. The highest BCUT2D eigenvalue weighted by atomic mass is 16.1. The summed E-state index contributed by atoms with van der Waals surface area (Å²) >= 11 is 0. The number of carbonyl (C=O) groups is 1. The first kappa shape index (κ1) is 19.8. The van der Waals surface area contributed by atoms with Crippen LogP contribution in [-0.2, 0) is 11.3 Å². The zero-order chi connectivity index (χ0) is 19.9. The number of anilines is 1. The quantitative estimate of drug-likeness (QED) is 0.784. The van der Waals surface area contributed by atoms with Gasteiger partial charge in [0.05, 0.1) is 0 Å². The van der Waals surface area contributed by atoms with Crippen LogP contribution in [0.15, 0.2) is 48.8 Å². The zero-order valence-electron chi connectivity index (χ0n) is 17.0. The molecule has 3 heterocycles. The first-order valence-electron chi connectivity index (χ1n) is 10.8. The molecule has 1 N–H and O–H groups in total. The van der Waals surface area contributed by atoms with Gasteiger partial charge in [-0.15, -0.1) is 0 Å². The van der Waals surface area contributed by atoms with Crippen molar-refractivity contribution in [2.24, 2.45) is 5.92 Å². The molecular formula is C23H31N5O. The van der Waals surface area contributed by atoms with Gasteiger partial charge in [-0.3, -0.25) is 9.69 Å². The van der Waals surface area contributed by atoms with Crippen LogP contribution in [0.4, 0.5) is 5.95 Å². The van der Waals surface area contributed by atoms with Gasteiger partial charge in [0.25, 0.3) is 0 Å². The summed E-state index contributed by atoms with van der Waals surface area (Å²) in [7, 11) is 0. The number of amides is 1. The van der Waals surface area contributed by atoms with E-state index in [2.05, 4.69) is 55.4 Å². The van der Waals surface area contributed by atoms with Gasteiger partial charge in [0.1, 0.15) is 0 Å². The lowest BCUT2D eigenvalue weighted by molar-refractivity contribution is -0.122. The van der Waals surface area contributed by atoms with Crippen molar-refractivity contribution in [3.8, 4) is 0 Å². The molecule has 1 unspecified atom stereocenters. The highest BCUT2D eigenvalue weighted by Crippen LogP contribution is 2.24. The van der Waals surface area contributed by atoms with Crippen molar-refractivity contribution in [3.05, 3.63) is 54.4 Å². The molecule has 2 saturated heterocycles. The maximum Gasteiger partial charge on any atom is 0.225 e. The molecule has 0 saturated carbocycles. The minimum absolute atomic E-state index is 0.213. The second-order valence-corrected chi connectivity index (χ2v) is 8.29. The largest absolute Gasteiger partial charge is 0.352 e. The van der Waals surface area contributed by atoms with Gasteiger partial charge in [-0.25, -0.2) is 9.97 Å². The first-order chi connectivity index (χ1) is 14.3. The van der Waals surface area contributed by atoms with Gasteiger partial charge in [-0.2, -0.15) is 0 Å². The summed E-state index contributed by atoms with van der Waals surface area (Å²) in [5, 5.41) is 3.26. The van der Waals surface area contributed by atoms with Gasteiger partial charge in [0, 0.05) is 57.6 Å². The van der Waals surface area contributed by atoms with E-state index in [4.69, 9.17) is 0 Å². The summed E-state index contributed by atoms with van der Waals surface area (Å²) < 4.78 is 0. The summed E-state index contributed by atoms with van der Waals surface area (Å²) in [5.41, 5.74) is 1.34. The molecule has 2 fully saturated rings. The summed E-state index contributed by atoms with van der Waals surface area (Å²) in [6.07, 6.45) is 8.48. The standard InChI is InChI=1S/C23H31N5O/c29-22(26-21-11-14-27(18-21)17-20-5-2-1-3-6-20)8-7-19-9-15-28(16-10-19)23-24-12-4-13-25-23/h1-6,12-13,19,21H,7-11,14-18H2,(H,26,29). The number of aromatic nitrogens is 2. The second kappa shape index (κ2) is 9.83. The number of nitrogens with one attached hydrogen (secondary N) is 1. The number of hydrogen-bond acceptors (Lipinski definition) is 5. The van der Waals surface area contributed by atoms with Crippen LogP contribution >= 0.6 is 0 Å². The molecule has 154 valence electrons. The van der Waals surface area contributed by atoms with E-state index < -0.39 is 0 Å². The number of piperidine rings is 1. The molecular weight excluding hydrogens is 362 g/mol. The van der Waals surface area contributed by atoms with Crippen LogP contribution in [0.2, 0.25) is 0 Å². The number of nitrogens with zero attached hydrogens (tertiary/aromatic N) is 4. The topological polar surface area (TPSA) is 61.4 Å². The smallest absolute Gasteiger partial charge is 0.225 e. The van der Waals surface area contributed by atoms with E-state index in [0.29, 0.717) is 18.4 Å². The van der Waals surface area contributed by atoms with Gasteiger partial charge >= 0.3 is 0 Å². The lowest BCUT2D eigenvalue weighted by atomic mass is 9.92. The Labute approximate surface area is 173 Å². The molecule has 2 aromatic rings. The Bertz CT molecular complexity index is 761. The van der Waals surface area contributed by atoms with Crippen LogP contribution < -0.4 is 10.2 Å². The Morgan fingerprint density at radius 1 is 1.00 bits per heavy atom. The lowest BCUT2D eigenvalue weighted by Gasteiger charge is -2.31. The summed E-state index contributed by atoms with van der Waals surface area (Å²) in [6, 6.07) is 12.7. The third-order valence-corrected chi connectivity index (χ3v) is 6.12. The Kier molecular flexibility index (Phi) is 6.72. The normalized spacial score (nSPS) is 20.7. The number of benzene rings is 1. The van der Waals surface area contributed by atoms with E-state index in [1.807, 2.05) is 6.07 Å². The summed E-state index contributed by atoms with van der Waals surface area (Å²) in [5.74, 6) is 1.66. The summed E-state index contributed by atoms with van der Waals surface area (Å²) in [4.78, 5) is 25.8. The van der Waals surface area contributed by atoms with Crippen molar-refractivity contribution in [2.75, 3.05) is 31.1 Å². The minimum Gasteiger partial charge on any atom is -0.352 e. The van der Waals surface area contributed by atoms with Crippen LogP contribution in [0.5, 0.6) is 0 Å². The molecule has 6 nitrogen and oxygen atoms in total. The lowest BCUT2D eigenvalue weighted by Crippen LogP contribution is -2.38. The molecule has 4 rings (SSSR count). The van der Waals surface area contributed by atoms with E-state index in [-0.39, 0.29) is 5.91 Å². The van der Waals surface area contributed by atoms with Crippen LogP contribution in [0.1, 0.15) is 37.7 Å². The van der Waals surface area contributed by atoms with Gasteiger partial charge in [-0.1, -0.05) is 30.3 Å². The predicted molar refractivity (Wildman–Crippen MR) is 114 cm³/mol. The third-order valence-electron chi connectivity index (χ3n) is 6.12. The molecule has 0 radical (unpaired) electrons. The second-order valence-electron chi connectivity index (χ2n) is 8.29. The molecule has 0 aliphatic carbocycles. The van der Waals surface area contributed by atoms with Crippen molar-refractivity contribution in [2.45, 2.75) is 44.7 Å². The molecule has 6 heteroatoms. The van der Waals surface area contributed by atoms with E-state index >= 15 is 0 Å². The van der Waals surface area contributed by atoms with Crippen LogP contribution in [-0.4, -0.2) is 53.0 Å². The van der Waals surface area contributed by atoms with Gasteiger partial charge in [0.2, 0.25) is 11.9 Å². The fourth-order valence-electron chi connectivity index (χ4n) is 4.45. The van der Waals surface area contributed by atoms with Crippen molar-refractivity contribution >= 4 is 11.9 Å². The fourth-order valence-corrected chi connectivity index (χ4v) is 4.45. The minimum atomic E-state index is 0.213. The van der Waals surface area contributed by atoms with Crippen LogP contribution in [0.3, 0.4) is 0 Å². The molecule has 1 amide bonds. The molecule has 1 aromatic carbocycles. The van der Waals surface area contributed by atoms with Crippen molar-refractivity contribution in [1.82, 2.24) is 20.2 Å². The van der Waals surface area contributed by atoms with Crippen LogP contribution in [0, 0.1) is 5.92 Å². The van der Waals surface area contributed by atoms with E-state index in [0.717, 1.165) is 64.4 Å². The Balaban J connectivity index is 1.13. The Morgan fingerprint density at radius 3 is 2.52 bits per heavy atom. The van der Waals surface area contributed by atoms with Crippen molar-refractivity contribution in [1.29, 1.82) is 0 Å². The maximum atomic E-state index is 12.4. The first-order valence-corrected chi connectivity index (χ1v) is 10.8. The molecule has 0 spiro atoms. The number of likely N-dealkylation sites (tertiary alicyclic amines) is 1. The monoisotopic (exact) mass is 393 g/mol. The van der Waals surface area contributed by atoms with Crippen molar-refractivity contribution < 1.29 is 4.79 Å². The molecule has 2 aliphatic rings. The van der Waals surface area contributed by atoms with E-state index in [9.17, 15) is 4.79 Å². The van der Waals surface area contributed by atoms with Gasteiger partial charge in [0.15, 0.2) is 0 Å². The molecule has 29 heavy (non-hydrogen) atoms. The number of rotatable bonds is 7. The predicted octanol–water partition coefficient (Wildman–Crippen LogP) is 2.86. The molecule has 1 aromatic heterocycles.